The van der Waals surface area contributed by atoms with Crippen LogP contribution in [-0.4, -0.2) is 16.1 Å². The molecular weight excluding hydrogens is 294 g/mol. The Kier molecular flexibility index (Phi) is 4.10. The van der Waals surface area contributed by atoms with Gasteiger partial charge in [-0.2, -0.15) is 0 Å². The zero-order valence-corrected chi connectivity index (χ0v) is 12.5. The minimum Gasteiger partial charge on any atom is -0.508 e. The average Bonchev–Trinajstić information content (AvgIpc) is 2.94. The van der Waals surface area contributed by atoms with Crippen LogP contribution in [-0.2, 0) is 11.3 Å². The third-order valence-corrected chi connectivity index (χ3v) is 3.34. The van der Waals surface area contributed by atoms with Crippen molar-refractivity contribution in [1.29, 1.82) is 0 Å². The predicted octanol–water partition coefficient (Wildman–Crippen LogP) is 3.71. The molecule has 0 saturated carbocycles. The number of aromatic nitrogens is 1. The van der Waals surface area contributed by atoms with Crippen LogP contribution in [0, 0.1) is 6.92 Å². The van der Waals surface area contributed by atoms with E-state index >= 15 is 0 Å². The van der Waals surface area contributed by atoms with Crippen molar-refractivity contribution in [3.05, 3.63) is 71.6 Å². The summed E-state index contributed by atoms with van der Waals surface area (Å²) in [4.78, 5) is 16.3. The monoisotopic (exact) mass is 309 g/mol. The van der Waals surface area contributed by atoms with E-state index in [0.29, 0.717) is 17.3 Å². The second-order valence-electron chi connectivity index (χ2n) is 5.01. The topological polar surface area (TPSA) is 72.6 Å². The van der Waals surface area contributed by atoms with E-state index in [4.69, 9.17) is 9.15 Å². The van der Waals surface area contributed by atoms with Gasteiger partial charge in [-0.25, -0.2) is 9.78 Å². The van der Waals surface area contributed by atoms with Gasteiger partial charge in [0.1, 0.15) is 23.8 Å². The average molecular weight is 309 g/mol. The van der Waals surface area contributed by atoms with E-state index in [0.717, 1.165) is 5.56 Å². The summed E-state index contributed by atoms with van der Waals surface area (Å²) >= 11 is 0. The molecule has 1 N–H and O–H groups in total. The number of hydrogen-bond acceptors (Lipinski definition) is 5. The number of aryl methyl sites for hydroxylation is 1. The number of hydrogen-bond donors (Lipinski definition) is 1. The molecule has 0 aliphatic carbocycles. The minimum atomic E-state index is -0.524. The fraction of sp³-hybridized carbons (Fsp3) is 0.111. The number of phenols is 1. The van der Waals surface area contributed by atoms with Crippen LogP contribution in [0.2, 0.25) is 0 Å². The summed E-state index contributed by atoms with van der Waals surface area (Å²) in [6.45, 7) is 1.79. The Morgan fingerprint density at radius 1 is 1.17 bits per heavy atom. The molecule has 0 aliphatic rings. The van der Waals surface area contributed by atoms with Crippen LogP contribution < -0.4 is 0 Å². The van der Waals surface area contributed by atoms with Gasteiger partial charge in [0, 0.05) is 5.56 Å². The maximum atomic E-state index is 12.0. The SMILES string of the molecule is Cc1oc(-c2ccccc2)nc1COC(=O)c1cccc(O)c1. The highest BCUT2D eigenvalue weighted by Gasteiger charge is 2.14. The number of aromatic hydroxyl groups is 1. The van der Waals surface area contributed by atoms with Crippen LogP contribution in [0.25, 0.3) is 11.5 Å². The predicted molar refractivity (Wildman–Crippen MR) is 83.9 cm³/mol. The zero-order valence-electron chi connectivity index (χ0n) is 12.5. The number of phenolic OH excluding ortho intramolecular Hbond substituents is 1. The lowest BCUT2D eigenvalue weighted by Gasteiger charge is -2.03. The van der Waals surface area contributed by atoms with Crippen LogP contribution >= 0.6 is 0 Å². The zero-order chi connectivity index (χ0) is 16.2. The van der Waals surface area contributed by atoms with Gasteiger partial charge in [-0.15, -0.1) is 0 Å². The van der Waals surface area contributed by atoms with Gasteiger partial charge in [-0.05, 0) is 37.3 Å². The minimum absolute atomic E-state index is 0.0106. The molecular formula is C18H15NO4. The van der Waals surface area contributed by atoms with Gasteiger partial charge in [0.2, 0.25) is 5.89 Å². The Morgan fingerprint density at radius 2 is 1.96 bits per heavy atom. The number of rotatable bonds is 4. The van der Waals surface area contributed by atoms with Crippen molar-refractivity contribution < 1.29 is 19.1 Å². The molecule has 5 nitrogen and oxygen atoms in total. The molecule has 1 aromatic heterocycles. The number of ether oxygens (including phenoxy) is 1. The first-order valence-corrected chi connectivity index (χ1v) is 7.11. The molecule has 116 valence electrons. The summed E-state index contributed by atoms with van der Waals surface area (Å²) in [5.74, 6) is 0.590. The molecule has 0 atom stereocenters. The van der Waals surface area contributed by atoms with Crippen molar-refractivity contribution in [3.63, 3.8) is 0 Å². The smallest absolute Gasteiger partial charge is 0.338 e. The molecule has 0 spiro atoms. The molecule has 0 unspecified atom stereocenters. The van der Waals surface area contributed by atoms with Crippen molar-refractivity contribution in [3.8, 4) is 17.2 Å². The molecule has 5 heteroatoms. The maximum absolute atomic E-state index is 12.0. The molecule has 0 fully saturated rings. The van der Waals surface area contributed by atoms with Gasteiger partial charge in [0.15, 0.2) is 0 Å². The molecule has 3 aromatic rings. The summed E-state index contributed by atoms with van der Waals surface area (Å²) in [5, 5.41) is 9.39. The van der Waals surface area contributed by atoms with Crippen molar-refractivity contribution in [2.75, 3.05) is 0 Å². The first-order chi connectivity index (χ1) is 11.1. The molecule has 1 heterocycles. The van der Waals surface area contributed by atoms with Crippen molar-refractivity contribution in [2.45, 2.75) is 13.5 Å². The number of esters is 1. The van der Waals surface area contributed by atoms with E-state index in [1.54, 1.807) is 19.1 Å². The lowest BCUT2D eigenvalue weighted by Crippen LogP contribution is -2.05. The van der Waals surface area contributed by atoms with Crippen molar-refractivity contribution in [1.82, 2.24) is 4.98 Å². The van der Waals surface area contributed by atoms with E-state index in [9.17, 15) is 9.90 Å². The Labute approximate surface area is 133 Å². The lowest BCUT2D eigenvalue weighted by atomic mass is 10.2. The first-order valence-electron chi connectivity index (χ1n) is 7.11. The third kappa shape index (κ3) is 3.40. The summed E-state index contributed by atoms with van der Waals surface area (Å²) in [5.41, 5.74) is 1.72. The van der Waals surface area contributed by atoms with E-state index in [1.807, 2.05) is 30.3 Å². The van der Waals surface area contributed by atoms with Crippen LogP contribution in [0.15, 0.2) is 59.0 Å². The first kappa shape index (κ1) is 14.8. The van der Waals surface area contributed by atoms with Crippen molar-refractivity contribution in [2.24, 2.45) is 0 Å². The van der Waals surface area contributed by atoms with Crippen LogP contribution in [0.5, 0.6) is 5.75 Å². The molecule has 23 heavy (non-hydrogen) atoms. The van der Waals surface area contributed by atoms with E-state index in [1.165, 1.54) is 12.1 Å². The summed E-state index contributed by atoms with van der Waals surface area (Å²) < 4.78 is 10.8. The molecule has 0 radical (unpaired) electrons. The molecule has 0 amide bonds. The number of oxazole rings is 1. The Morgan fingerprint density at radius 3 is 2.70 bits per heavy atom. The number of nitrogens with zero attached hydrogens (tertiary/aromatic N) is 1. The number of carbonyl (C=O) groups is 1. The van der Waals surface area contributed by atoms with Gasteiger partial charge in [-0.3, -0.25) is 0 Å². The van der Waals surface area contributed by atoms with E-state index in [2.05, 4.69) is 4.98 Å². The third-order valence-electron chi connectivity index (χ3n) is 3.34. The molecule has 0 bridgehead atoms. The van der Waals surface area contributed by atoms with E-state index in [-0.39, 0.29) is 17.9 Å². The normalized spacial score (nSPS) is 10.5. The summed E-state index contributed by atoms with van der Waals surface area (Å²) in [7, 11) is 0. The van der Waals surface area contributed by atoms with Crippen LogP contribution in [0.3, 0.4) is 0 Å². The Bertz CT molecular complexity index is 824. The van der Waals surface area contributed by atoms with Crippen molar-refractivity contribution >= 4 is 5.97 Å². The molecule has 0 saturated heterocycles. The summed E-state index contributed by atoms with van der Waals surface area (Å²) in [6.07, 6.45) is 0. The standard InChI is InChI=1S/C18H15NO4/c1-12-16(19-17(23-12)13-6-3-2-4-7-13)11-22-18(21)14-8-5-9-15(20)10-14/h2-10,20H,11H2,1H3. The molecule has 2 aromatic carbocycles. The highest BCUT2D eigenvalue weighted by molar-refractivity contribution is 5.89. The highest BCUT2D eigenvalue weighted by Crippen LogP contribution is 2.22. The summed E-state index contributed by atoms with van der Waals surface area (Å²) in [6, 6.07) is 15.5. The second kappa shape index (κ2) is 6.36. The van der Waals surface area contributed by atoms with Crippen LogP contribution in [0.4, 0.5) is 0 Å². The fourth-order valence-corrected chi connectivity index (χ4v) is 2.12. The van der Waals surface area contributed by atoms with Gasteiger partial charge in [-0.1, -0.05) is 24.3 Å². The van der Waals surface area contributed by atoms with Gasteiger partial charge in [0.05, 0.1) is 5.56 Å². The van der Waals surface area contributed by atoms with Gasteiger partial charge in [0.25, 0.3) is 0 Å². The number of carbonyl (C=O) groups excluding carboxylic acids is 1. The largest absolute Gasteiger partial charge is 0.508 e. The van der Waals surface area contributed by atoms with Gasteiger partial charge < -0.3 is 14.3 Å². The van der Waals surface area contributed by atoms with Gasteiger partial charge >= 0.3 is 5.97 Å². The highest BCUT2D eigenvalue weighted by atomic mass is 16.5. The Balaban J connectivity index is 1.71. The Hall–Kier alpha value is -3.08. The lowest BCUT2D eigenvalue weighted by molar-refractivity contribution is 0.0466. The number of benzene rings is 2. The fourth-order valence-electron chi connectivity index (χ4n) is 2.12. The second-order valence-corrected chi connectivity index (χ2v) is 5.01. The van der Waals surface area contributed by atoms with Crippen LogP contribution in [0.1, 0.15) is 21.8 Å². The molecule has 0 aliphatic heterocycles. The van der Waals surface area contributed by atoms with E-state index < -0.39 is 5.97 Å². The maximum Gasteiger partial charge on any atom is 0.338 e. The quantitative estimate of drug-likeness (QED) is 0.744. The molecule has 3 rings (SSSR count).